The van der Waals surface area contributed by atoms with E-state index in [9.17, 15) is 24.0 Å². The van der Waals surface area contributed by atoms with Crippen LogP contribution >= 0.6 is 0 Å². The van der Waals surface area contributed by atoms with Crippen molar-refractivity contribution in [2.75, 3.05) is 57.4 Å². The zero-order chi connectivity index (χ0) is 60.8. The van der Waals surface area contributed by atoms with Gasteiger partial charge in [-0.15, -0.1) is 0 Å². The highest BCUT2D eigenvalue weighted by Crippen LogP contribution is 2.38. The highest BCUT2D eigenvalue weighted by Gasteiger charge is 2.32. The molecule has 0 unspecified atom stereocenters. The fraction of sp³-hybridized carbons (Fsp3) is 0.152. The summed E-state index contributed by atoms with van der Waals surface area (Å²) < 4.78 is 31.5. The van der Waals surface area contributed by atoms with Crippen molar-refractivity contribution in [3.63, 3.8) is 0 Å². The van der Waals surface area contributed by atoms with Crippen molar-refractivity contribution in [2.24, 2.45) is 5.73 Å². The van der Waals surface area contributed by atoms with Crippen molar-refractivity contribution >= 4 is 46.5 Å². The zero-order valence-electron chi connectivity index (χ0n) is 47.8. The molecule has 0 bridgehead atoms. The Morgan fingerprint density at radius 1 is 0.453 bits per heavy atom. The predicted octanol–water partition coefficient (Wildman–Crippen LogP) is 10.3. The number of nitrogens with zero attached hydrogens (tertiary/aromatic N) is 8. The van der Waals surface area contributed by atoms with Gasteiger partial charge in [-0.1, -0.05) is 36.4 Å². The van der Waals surface area contributed by atoms with Gasteiger partial charge in [0.05, 0.1) is 79.7 Å². The van der Waals surface area contributed by atoms with Gasteiger partial charge in [0, 0.05) is 80.7 Å². The van der Waals surface area contributed by atoms with E-state index < -0.39 is 5.91 Å². The van der Waals surface area contributed by atoms with Crippen LogP contribution in [0.2, 0.25) is 0 Å². The van der Waals surface area contributed by atoms with Gasteiger partial charge in [0.1, 0.15) is 6.07 Å². The molecule has 86 heavy (non-hydrogen) atoms. The molecule has 0 spiro atoms. The Labute approximate surface area is 494 Å². The van der Waals surface area contributed by atoms with E-state index in [2.05, 4.69) is 19.9 Å². The summed E-state index contributed by atoms with van der Waals surface area (Å²) in [6.45, 7) is 2.79. The number of carbonyl (C=O) groups excluding carboxylic acids is 5. The summed E-state index contributed by atoms with van der Waals surface area (Å²) in [6.07, 6.45) is 8.18. The van der Waals surface area contributed by atoms with Gasteiger partial charge < -0.3 is 48.9 Å². The van der Waals surface area contributed by atoms with E-state index in [0.29, 0.717) is 105 Å². The minimum Gasteiger partial charge on any atom is -0.491 e. The number of nitrogens with two attached hydrogens (primary N) is 1. The number of carbonyl (C=O) groups is 5. The smallest absolute Gasteiger partial charge is 0.258 e. The minimum atomic E-state index is -0.528. The molecule has 12 rings (SSSR count). The summed E-state index contributed by atoms with van der Waals surface area (Å²) in [5.41, 5.74) is 18.7. The summed E-state index contributed by atoms with van der Waals surface area (Å²) in [7, 11) is 9.30. The standard InChI is InChI=1S/C23H20N2O4.C22H19N3O4.C21H16N4O3/c1-14(26)15-5-4-6-19(10-15)25-13-18-9-16(7-8-20(18)23(25)27)17-11-21(28-2)22(29-3)24-12-17;1-28-19-10-15(11-24-21(19)29-2)13-6-7-18-16(8-13)12-25(22(18)27)17-5-3-4-14(9-17)20(23)26;1-27-19-7-15(10-24-20(19)28-2)14-3-4-18-16(6-14)12-25(21(18)26)17-5-13(8-22)9-23-11-17/h4-12H,13H2,1-3H3;3-11H,12H2,1-2H3,(H2,23,26);3-7,9-11H,12H2,1-2H3. The van der Waals surface area contributed by atoms with Crippen molar-refractivity contribution in [3.8, 4) is 74.3 Å². The summed E-state index contributed by atoms with van der Waals surface area (Å²) in [4.78, 5) is 83.5. The van der Waals surface area contributed by atoms with Crippen LogP contribution in [0, 0.1) is 11.3 Å². The molecule has 2 N–H and O–H groups in total. The Morgan fingerprint density at radius 2 is 0.837 bits per heavy atom. The monoisotopic (exact) mass is 1150 g/mol. The number of anilines is 3. The average Bonchev–Trinajstić information content (AvgIpc) is 2.52. The first-order valence-corrected chi connectivity index (χ1v) is 26.6. The third kappa shape index (κ3) is 11.6. The SMILES string of the molecule is COc1cc(-c2ccc3c(c2)CN(c2cccc(C(C)=O)c2)C3=O)cnc1OC.COc1cc(-c2ccc3c(c2)CN(c2cccc(C(N)=O)c2)C3=O)cnc1OC.COc1cc(-c2ccc3c(c2)CN(c2cncc(C#N)c2)C3=O)cnc1OC. The molecule has 7 heterocycles. The van der Waals surface area contributed by atoms with Crippen LogP contribution in [-0.4, -0.2) is 92.0 Å². The number of pyridine rings is 4. The molecule has 3 aliphatic heterocycles. The van der Waals surface area contributed by atoms with E-state index in [0.717, 1.165) is 50.1 Å². The number of nitriles is 1. The number of rotatable bonds is 14. The molecule has 0 atom stereocenters. The number of ketones is 1. The van der Waals surface area contributed by atoms with Gasteiger partial charge in [-0.05, 0) is 131 Å². The molecule has 0 aliphatic carbocycles. The van der Waals surface area contributed by atoms with E-state index in [1.54, 1.807) is 116 Å². The largest absolute Gasteiger partial charge is 0.491 e. The van der Waals surface area contributed by atoms with E-state index in [4.69, 9.17) is 39.4 Å². The maximum absolute atomic E-state index is 12.9. The second-order valence-corrected chi connectivity index (χ2v) is 19.7. The van der Waals surface area contributed by atoms with Crippen molar-refractivity contribution in [1.82, 2.24) is 19.9 Å². The lowest BCUT2D eigenvalue weighted by Crippen LogP contribution is -2.23. The lowest BCUT2D eigenvalue weighted by atomic mass is 10.0. The number of ether oxygens (including phenoxy) is 6. The average molecular weight is 1150 g/mol. The second kappa shape index (κ2) is 24.9. The van der Waals surface area contributed by atoms with Crippen LogP contribution in [-0.2, 0) is 19.6 Å². The number of hydrogen-bond donors (Lipinski definition) is 1. The van der Waals surface area contributed by atoms with Gasteiger partial charge in [-0.2, -0.15) is 5.26 Å². The van der Waals surface area contributed by atoms with E-state index in [1.807, 2.05) is 84.9 Å². The number of aromatic nitrogens is 4. The third-order valence-corrected chi connectivity index (χ3v) is 14.6. The topological polar surface area (TPSA) is 252 Å². The van der Waals surface area contributed by atoms with Crippen molar-refractivity contribution in [3.05, 3.63) is 208 Å². The van der Waals surface area contributed by atoms with Crippen LogP contribution in [0.5, 0.6) is 34.9 Å². The number of hydrogen-bond acceptors (Lipinski definition) is 16. The molecule has 20 heteroatoms. The van der Waals surface area contributed by atoms with E-state index >= 15 is 0 Å². The van der Waals surface area contributed by atoms with Gasteiger partial charge >= 0.3 is 0 Å². The summed E-state index contributed by atoms with van der Waals surface area (Å²) in [5.74, 6) is 2.02. The molecule has 430 valence electrons. The predicted molar refractivity (Wildman–Crippen MR) is 320 cm³/mol. The van der Waals surface area contributed by atoms with Gasteiger partial charge in [0.15, 0.2) is 23.0 Å². The van der Waals surface area contributed by atoms with Gasteiger partial charge in [0.25, 0.3) is 35.4 Å². The normalized spacial score (nSPS) is 12.6. The number of amides is 4. The summed E-state index contributed by atoms with van der Waals surface area (Å²) in [5, 5.41) is 9.07. The Balaban J connectivity index is 0.000000143. The van der Waals surface area contributed by atoms with Crippen molar-refractivity contribution < 1.29 is 52.4 Å². The lowest BCUT2D eigenvalue weighted by Gasteiger charge is -2.16. The first kappa shape index (κ1) is 57.8. The molecule has 3 aliphatic rings. The highest BCUT2D eigenvalue weighted by molar-refractivity contribution is 6.12. The van der Waals surface area contributed by atoms with Crippen LogP contribution < -0.4 is 48.9 Å². The van der Waals surface area contributed by atoms with Crippen molar-refractivity contribution in [2.45, 2.75) is 26.6 Å². The first-order chi connectivity index (χ1) is 41.7. The van der Waals surface area contributed by atoms with Gasteiger partial charge in [-0.3, -0.25) is 29.0 Å². The molecule has 0 radical (unpaired) electrons. The molecule has 0 fully saturated rings. The van der Waals surface area contributed by atoms with Crippen LogP contribution in [0.3, 0.4) is 0 Å². The minimum absolute atomic E-state index is 0.0285. The first-order valence-electron chi connectivity index (χ1n) is 26.6. The fourth-order valence-corrected chi connectivity index (χ4v) is 10.2. The second-order valence-electron chi connectivity index (χ2n) is 19.7. The van der Waals surface area contributed by atoms with Crippen LogP contribution in [0.4, 0.5) is 17.1 Å². The Bertz CT molecular complexity index is 4040. The maximum atomic E-state index is 12.9. The van der Waals surface area contributed by atoms with Crippen molar-refractivity contribution in [1.29, 1.82) is 5.26 Å². The Kier molecular flexibility index (Phi) is 16.8. The molecular weight excluding hydrogens is 1090 g/mol. The molecule has 20 nitrogen and oxygen atoms in total. The van der Waals surface area contributed by atoms with Gasteiger partial charge in [-0.25, -0.2) is 15.0 Å². The van der Waals surface area contributed by atoms with E-state index in [-0.39, 0.29) is 23.5 Å². The summed E-state index contributed by atoms with van der Waals surface area (Å²) in [6, 6.07) is 40.2. The molecule has 0 saturated heterocycles. The molecule has 5 aromatic carbocycles. The number of Topliss-reactive ketones (excluding diaryl/α,β-unsaturated/α-hetero) is 1. The Hall–Kier alpha value is -11.5. The number of primary amides is 1. The highest BCUT2D eigenvalue weighted by atomic mass is 16.5. The van der Waals surface area contributed by atoms with Gasteiger partial charge in [0.2, 0.25) is 5.91 Å². The number of benzene rings is 5. The number of methoxy groups -OCH3 is 6. The van der Waals surface area contributed by atoms with Crippen LogP contribution in [0.1, 0.15) is 81.0 Å². The molecule has 4 amide bonds. The molecule has 4 aromatic heterocycles. The Morgan fingerprint density at radius 3 is 1.20 bits per heavy atom. The third-order valence-electron chi connectivity index (χ3n) is 14.6. The van der Waals surface area contributed by atoms with E-state index in [1.165, 1.54) is 27.3 Å². The quantitative estimate of drug-likeness (QED) is 0.0994. The van der Waals surface area contributed by atoms with Crippen LogP contribution in [0.25, 0.3) is 33.4 Å². The zero-order valence-corrected chi connectivity index (χ0v) is 47.8. The summed E-state index contributed by atoms with van der Waals surface area (Å²) >= 11 is 0. The molecular formula is C66H55N9O11. The lowest BCUT2D eigenvalue weighted by molar-refractivity contribution is 0.0987. The number of fused-ring (bicyclic) bond motifs is 3. The van der Waals surface area contributed by atoms with Crippen LogP contribution in [0.15, 0.2) is 158 Å². The fourth-order valence-electron chi connectivity index (χ4n) is 10.2. The molecule has 9 aromatic rings. The maximum Gasteiger partial charge on any atom is 0.258 e. The molecule has 0 saturated carbocycles.